The number of rotatable bonds is 4. The highest BCUT2D eigenvalue weighted by Gasteiger charge is 2.14. The first-order valence-corrected chi connectivity index (χ1v) is 6.90. The molecule has 0 saturated carbocycles. The lowest BCUT2D eigenvalue weighted by atomic mass is 10.1. The number of carbonyl (C=O) groups is 1. The number of fused-ring (bicyclic) bond motifs is 2. The number of nitrogens with one attached hydrogen (secondary N) is 1. The Balaban J connectivity index is 1.94. The maximum absolute atomic E-state index is 12.1. The highest BCUT2D eigenvalue weighted by atomic mass is 16.4. The summed E-state index contributed by atoms with van der Waals surface area (Å²) in [5.41, 5.74) is 3.13. The number of H-pyrrole nitrogens is 1. The Morgan fingerprint density at radius 3 is 2.80 bits per heavy atom. The third-order valence-electron chi connectivity index (χ3n) is 3.77. The summed E-state index contributed by atoms with van der Waals surface area (Å²) in [6.45, 7) is 0. The second kappa shape index (κ2) is 5.07. The molecule has 1 aliphatic carbocycles. The van der Waals surface area contributed by atoms with Crippen molar-refractivity contribution in [3.63, 3.8) is 0 Å². The second-order valence-electron chi connectivity index (χ2n) is 5.25. The van der Waals surface area contributed by atoms with Crippen molar-refractivity contribution in [2.24, 2.45) is 0 Å². The van der Waals surface area contributed by atoms with Crippen molar-refractivity contribution >= 4 is 16.9 Å². The maximum atomic E-state index is 12.1. The molecule has 0 amide bonds. The maximum Gasteiger partial charge on any atom is 0.303 e. The van der Waals surface area contributed by atoms with E-state index in [1.807, 2.05) is 12.1 Å². The van der Waals surface area contributed by atoms with Crippen LogP contribution in [0, 0.1) is 0 Å². The van der Waals surface area contributed by atoms with Crippen molar-refractivity contribution in [2.75, 3.05) is 0 Å². The first kappa shape index (κ1) is 12.8. The molecule has 5 heteroatoms. The molecule has 2 aromatic rings. The zero-order chi connectivity index (χ0) is 14.1. The summed E-state index contributed by atoms with van der Waals surface area (Å²) in [5, 5.41) is 9.26. The van der Waals surface area contributed by atoms with Gasteiger partial charge in [0.1, 0.15) is 5.82 Å². The molecule has 20 heavy (non-hydrogen) atoms. The van der Waals surface area contributed by atoms with E-state index in [0.29, 0.717) is 24.1 Å². The molecule has 1 aromatic carbocycles. The molecular weight excluding hydrogens is 256 g/mol. The fourth-order valence-electron chi connectivity index (χ4n) is 2.78. The Kier molecular flexibility index (Phi) is 3.26. The zero-order valence-electron chi connectivity index (χ0n) is 11.1. The van der Waals surface area contributed by atoms with E-state index < -0.39 is 5.97 Å². The molecule has 0 unspecified atom stereocenters. The molecular formula is C15H16N2O3. The Bertz CT molecular complexity index is 734. The van der Waals surface area contributed by atoms with Crippen LogP contribution in [0.3, 0.4) is 0 Å². The highest BCUT2D eigenvalue weighted by molar-refractivity contribution is 5.79. The predicted molar refractivity (Wildman–Crippen MR) is 75.0 cm³/mol. The van der Waals surface area contributed by atoms with Crippen LogP contribution in [0.1, 0.15) is 36.2 Å². The Labute approximate surface area is 115 Å². The normalized spacial score (nSPS) is 13.6. The van der Waals surface area contributed by atoms with E-state index in [1.54, 1.807) is 0 Å². The Morgan fingerprint density at radius 2 is 2.05 bits per heavy atom. The van der Waals surface area contributed by atoms with Crippen LogP contribution in [-0.2, 0) is 24.1 Å². The Hall–Kier alpha value is -2.17. The van der Waals surface area contributed by atoms with E-state index in [1.165, 1.54) is 11.1 Å². The van der Waals surface area contributed by atoms with Crippen molar-refractivity contribution < 1.29 is 9.90 Å². The zero-order valence-corrected chi connectivity index (χ0v) is 11.1. The van der Waals surface area contributed by atoms with E-state index in [2.05, 4.69) is 9.97 Å². The van der Waals surface area contributed by atoms with Crippen molar-refractivity contribution in [3.8, 4) is 0 Å². The van der Waals surface area contributed by atoms with E-state index in [0.717, 1.165) is 24.8 Å². The van der Waals surface area contributed by atoms with Crippen LogP contribution in [0.4, 0.5) is 0 Å². The molecule has 1 aliphatic rings. The van der Waals surface area contributed by atoms with Crippen LogP contribution >= 0.6 is 0 Å². The van der Waals surface area contributed by atoms with Gasteiger partial charge in [-0.2, -0.15) is 0 Å². The third-order valence-corrected chi connectivity index (χ3v) is 3.77. The summed E-state index contributed by atoms with van der Waals surface area (Å²) in [7, 11) is 0. The van der Waals surface area contributed by atoms with Crippen molar-refractivity contribution in [3.05, 3.63) is 39.4 Å². The number of aromatic nitrogens is 2. The highest BCUT2D eigenvalue weighted by Crippen LogP contribution is 2.25. The number of carboxylic acids is 1. The number of aryl methyl sites for hydroxylation is 3. The number of nitrogens with zero attached hydrogens (tertiary/aromatic N) is 1. The number of aliphatic carboxylic acids is 1. The monoisotopic (exact) mass is 272 g/mol. The summed E-state index contributed by atoms with van der Waals surface area (Å²) >= 11 is 0. The molecule has 0 spiro atoms. The minimum atomic E-state index is -0.828. The van der Waals surface area contributed by atoms with Crippen molar-refractivity contribution in [1.29, 1.82) is 0 Å². The van der Waals surface area contributed by atoms with Crippen LogP contribution in [-0.4, -0.2) is 21.0 Å². The molecule has 0 radical (unpaired) electrons. The number of hydrogen-bond acceptors (Lipinski definition) is 3. The largest absolute Gasteiger partial charge is 0.481 e. The van der Waals surface area contributed by atoms with E-state index in [-0.39, 0.29) is 12.0 Å². The van der Waals surface area contributed by atoms with Crippen LogP contribution in [0.25, 0.3) is 10.9 Å². The molecule has 3 rings (SSSR count). The van der Waals surface area contributed by atoms with Gasteiger partial charge in [-0.25, -0.2) is 4.98 Å². The van der Waals surface area contributed by atoms with Gasteiger partial charge in [0, 0.05) is 12.8 Å². The molecule has 1 heterocycles. The summed E-state index contributed by atoms with van der Waals surface area (Å²) in [6.07, 6.45) is 4.27. The van der Waals surface area contributed by atoms with Gasteiger partial charge in [-0.15, -0.1) is 0 Å². The molecule has 0 fully saturated rings. The standard InChI is InChI=1S/C15H16N2O3/c18-14(19)6-2-5-13-16-12-8-10-4-1-3-9(10)7-11(12)15(20)17-13/h7-8H,1-6H2,(H,18,19)(H,16,17,20). The molecule has 5 nitrogen and oxygen atoms in total. The summed E-state index contributed by atoms with van der Waals surface area (Å²) in [4.78, 5) is 29.8. The van der Waals surface area contributed by atoms with E-state index >= 15 is 0 Å². The van der Waals surface area contributed by atoms with Crippen molar-refractivity contribution in [1.82, 2.24) is 9.97 Å². The molecule has 2 N–H and O–H groups in total. The SMILES string of the molecule is O=C(O)CCCc1nc2cc3c(cc2c(=O)[nH]1)CCC3. The van der Waals surface area contributed by atoms with Gasteiger partial charge in [0.15, 0.2) is 0 Å². The number of carboxylic acid groups (broad SMARTS) is 1. The van der Waals surface area contributed by atoms with Gasteiger partial charge in [-0.3, -0.25) is 9.59 Å². The van der Waals surface area contributed by atoms with Crippen LogP contribution in [0.5, 0.6) is 0 Å². The summed E-state index contributed by atoms with van der Waals surface area (Å²) in [5.74, 6) is -0.257. The molecule has 0 aliphatic heterocycles. The first-order chi connectivity index (χ1) is 9.63. The molecule has 0 bridgehead atoms. The van der Waals surface area contributed by atoms with Gasteiger partial charge < -0.3 is 10.1 Å². The quantitative estimate of drug-likeness (QED) is 0.889. The third kappa shape index (κ3) is 2.43. The predicted octanol–water partition coefficient (Wildman–Crippen LogP) is 1.82. The minimum absolute atomic E-state index is 0.0892. The molecule has 0 saturated heterocycles. The summed E-state index contributed by atoms with van der Waals surface area (Å²) in [6, 6.07) is 3.96. The van der Waals surface area contributed by atoms with Gasteiger partial charge >= 0.3 is 5.97 Å². The topological polar surface area (TPSA) is 83.0 Å². The van der Waals surface area contributed by atoms with Gasteiger partial charge in [0.2, 0.25) is 0 Å². The van der Waals surface area contributed by atoms with Crippen LogP contribution in [0.2, 0.25) is 0 Å². The lowest BCUT2D eigenvalue weighted by molar-refractivity contribution is -0.137. The number of hydrogen-bond donors (Lipinski definition) is 2. The van der Waals surface area contributed by atoms with E-state index in [4.69, 9.17) is 5.11 Å². The van der Waals surface area contributed by atoms with E-state index in [9.17, 15) is 9.59 Å². The van der Waals surface area contributed by atoms with Crippen LogP contribution < -0.4 is 5.56 Å². The number of benzene rings is 1. The first-order valence-electron chi connectivity index (χ1n) is 6.90. The smallest absolute Gasteiger partial charge is 0.303 e. The fourth-order valence-corrected chi connectivity index (χ4v) is 2.78. The van der Waals surface area contributed by atoms with Crippen LogP contribution in [0.15, 0.2) is 16.9 Å². The fraction of sp³-hybridized carbons (Fsp3) is 0.400. The molecule has 0 atom stereocenters. The lowest BCUT2D eigenvalue weighted by Gasteiger charge is -2.05. The van der Waals surface area contributed by atoms with Gasteiger partial charge in [0.25, 0.3) is 5.56 Å². The van der Waals surface area contributed by atoms with Gasteiger partial charge in [-0.05, 0) is 48.9 Å². The second-order valence-corrected chi connectivity index (χ2v) is 5.25. The van der Waals surface area contributed by atoms with Gasteiger partial charge in [-0.1, -0.05) is 0 Å². The average Bonchev–Trinajstić information content (AvgIpc) is 2.83. The van der Waals surface area contributed by atoms with Gasteiger partial charge in [0.05, 0.1) is 10.9 Å². The Morgan fingerprint density at radius 1 is 1.30 bits per heavy atom. The minimum Gasteiger partial charge on any atom is -0.481 e. The van der Waals surface area contributed by atoms with Crippen molar-refractivity contribution in [2.45, 2.75) is 38.5 Å². The number of aromatic amines is 1. The summed E-state index contributed by atoms with van der Waals surface area (Å²) < 4.78 is 0. The molecule has 1 aromatic heterocycles. The lowest BCUT2D eigenvalue weighted by Crippen LogP contribution is -2.13. The average molecular weight is 272 g/mol. The molecule has 104 valence electrons.